The van der Waals surface area contributed by atoms with E-state index in [1.54, 1.807) is 0 Å². The summed E-state index contributed by atoms with van der Waals surface area (Å²) in [6.45, 7) is 5.75. The van der Waals surface area contributed by atoms with Crippen molar-refractivity contribution in [2.24, 2.45) is 0 Å². The maximum atomic E-state index is 12.6. The maximum absolute atomic E-state index is 12.6. The number of β-amino-alcohol motifs (C(OH)–C–C–N with tert-alkyl or cyclic N) is 1. The molecule has 1 aliphatic rings. The van der Waals surface area contributed by atoms with Crippen LogP contribution in [0.15, 0.2) is 28.8 Å². The van der Waals surface area contributed by atoms with Crippen LogP contribution in [0, 0.1) is 13.8 Å². The van der Waals surface area contributed by atoms with Gasteiger partial charge in [0.15, 0.2) is 5.69 Å². The quantitative estimate of drug-likeness (QED) is 0.644. The monoisotopic (exact) mass is 369 g/mol. The van der Waals surface area contributed by atoms with Gasteiger partial charge in [0.1, 0.15) is 5.76 Å². The van der Waals surface area contributed by atoms with Crippen molar-refractivity contribution in [3.8, 4) is 0 Å². The third-order valence-electron chi connectivity index (χ3n) is 5.23. The Hall–Kier alpha value is -2.71. The number of hydrogen-bond acceptors (Lipinski definition) is 6. The lowest BCUT2D eigenvalue weighted by Gasteiger charge is -2.36. The first-order valence-corrected chi connectivity index (χ1v) is 9.09. The molecule has 0 unspecified atom stereocenters. The van der Waals surface area contributed by atoms with E-state index in [9.17, 15) is 9.90 Å². The van der Waals surface area contributed by atoms with Crippen LogP contribution in [0.4, 0.5) is 0 Å². The number of aromatic amines is 1. The van der Waals surface area contributed by atoms with E-state index in [1.165, 1.54) is 0 Å². The molecule has 0 bridgehead atoms. The summed E-state index contributed by atoms with van der Waals surface area (Å²) in [6.07, 6.45) is 0.0203. The number of para-hydroxylation sites is 1. The smallest absolute Gasteiger partial charge is 0.272 e. The number of likely N-dealkylation sites (tertiary alicyclic amines) is 1. The van der Waals surface area contributed by atoms with Gasteiger partial charge in [-0.2, -0.15) is 5.10 Å². The molecule has 1 fully saturated rings. The second-order valence-corrected chi connectivity index (χ2v) is 7.09. The predicted molar refractivity (Wildman–Crippen MR) is 99.2 cm³/mol. The summed E-state index contributed by atoms with van der Waals surface area (Å²) >= 11 is 0. The summed E-state index contributed by atoms with van der Waals surface area (Å²) in [7, 11) is 0. The fourth-order valence-electron chi connectivity index (χ4n) is 3.63. The van der Waals surface area contributed by atoms with Gasteiger partial charge in [0.25, 0.3) is 5.91 Å². The summed E-state index contributed by atoms with van der Waals surface area (Å²) in [5, 5.41) is 25.2. The Morgan fingerprint density at radius 2 is 2.22 bits per heavy atom. The minimum absolute atomic E-state index is 0.268. The zero-order valence-electron chi connectivity index (χ0n) is 15.4. The van der Waals surface area contributed by atoms with Crippen molar-refractivity contribution in [2.75, 3.05) is 13.1 Å². The Morgan fingerprint density at radius 1 is 1.41 bits per heavy atom. The normalized spacial score (nSPS) is 20.9. The largest absolute Gasteiger partial charge is 0.390 e. The highest BCUT2D eigenvalue weighted by molar-refractivity contribution is 6.04. The summed E-state index contributed by atoms with van der Waals surface area (Å²) in [4.78, 5) is 14.8. The Balaban J connectivity index is 1.39. The van der Waals surface area contributed by atoms with Gasteiger partial charge in [-0.25, -0.2) is 0 Å². The minimum Gasteiger partial charge on any atom is -0.390 e. The molecule has 1 aliphatic heterocycles. The molecule has 8 nitrogen and oxygen atoms in total. The van der Waals surface area contributed by atoms with Gasteiger partial charge in [-0.1, -0.05) is 23.4 Å². The number of rotatable bonds is 4. The number of carbonyl (C=O) groups excluding carboxylic acids is 1. The number of carbonyl (C=O) groups is 1. The molecule has 0 saturated carbocycles. The molecule has 0 radical (unpaired) electrons. The number of aliphatic hydroxyl groups excluding tert-OH is 1. The molecule has 4 rings (SSSR count). The van der Waals surface area contributed by atoms with Crippen LogP contribution in [0.2, 0.25) is 0 Å². The van der Waals surface area contributed by atoms with E-state index in [0.717, 1.165) is 34.5 Å². The van der Waals surface area contributed by atoms with Crippen LogP contribution in [-0.2, 0) is 6.54 Å². The fraction of sp³-hybridized carbons (Fsp3) is 0.421. The highest BCUT2D eigenvalue weighted by Gasteiger charge is 2.30. The number of amides is 1. The summed E-state index contributed by atoms with van der Waals surface area (Å²) in [5.74, 6) is 0.540. The van der Waals surface area contributed by atoms with Crippen LogP contribution in [0.1, 0.15) is 33.9 Å². The zero-order valence-corrected chi connectivity index (χ0v) is 15.4. The molecule has 27 heavy (non-hydrogen) atoms. The van der Waals surface area contributed by atoms with Crippen molar-refractivity contribution in [1.82, 2.24) is 25.6 Å². The molecule has 2 aromatic heterocycles. The number of H-pyrrole nitrogens is 1. The van der Waals surface area contributed by atoms with Crippen LogP contribution >= 0.6 is 0 Å². The number of aryl methyl sites for hydroxylation is 2. The molecule has 1 amide bonds. The van der Waals surface area contributed by atoms with Crippen molar-refractivity contribution in [2.45, 2.75) is 39.0 Å². The van der Waals surface area contributed by atoms with E-state index < -0.39 is 6.10 Å². The molecule has 3 heterocycles. The topological polar surface area (TPSA) is 107 Å². The van der Waals surface area contributed by atoms with Gasteiger partial charge in [-0.05, 0) is 26.3 Å². The highest BCUT2D eigenvalue weighted by Crippen LogP contribution is 2.20. The molecule has 8 heteroatoms. The van der Waals surface area contributed by atoms with Crippen LogP contribution < -0.4 is 5.32 Å². The van der Waals surface area contributed by atoms with E-state index in [0.29, 0.717) is 25.2 Å². The molecule has 2 atom stereocenters. The number of hydrogen-bond donors (Lipinski definition) is 3. The molecular formula is C19H23N5O3. The molecule has 1 saturated heterocycles. The van der Waals surface area contributed by atoms with Gasteiger partial charge >= 0.3 is 0 Å². The Labute approximate surface area is 156 Å². The van der Waals surface area contributed by atoms with E-state index in [1.807, 2.05) is 38.1 Å². The standard InChI is InChI=1S/C19H23N5O3/c1-11-14(12(2)27-23-11)9-24-8-7-16(17(25)10-24)20-19(26)18-13-5-3-4-6-15(13)21-22-18/h3-6,16-17,25H,7-10H2,1-2H3,(H,20,26)(H,21,22)/t16-,17-/m0/s1. The Kier molecular flexibility index (Phi) is 4.67. The molecule has 1 aromatic carbocycles. The number of nitrogens with one attached hydrogen (secondary N) is 2. The predicted octanol–water partition coefficient (Wildman–Crippen LogP) is 1.53. The molecule has 3 aromatic rings. The van der Waals surface area contributed by atoms with Crippen molar-refractivity contribution in [3.05, 3.63) is 47.0 Å². The number of benzene rings is 1. The number of fused-ring (bicyclic) bond motifs is 1. The molecule has 0 spiro atoms. The van der Waals surface area contributed by atoms with Crippen molar-refractivity contribution in [1.29, 1.82) is 0 Å². The van der Waals surface area contributed by atoms with E-state index in [-0.39, 0.29) is 11.9 Å². The van der Waals surface area contributed by atoms with Crippen molar-refractivity contribution < 1.29 is 14.4 Å². The second kappa shape index (κ2) is 7.13. The maximum Gasteiger partial charge on any atom is 0.272 e. The number of aliphatic hydroxyl groups is 1. The van der Waals surface area contributed by atoms with E-state index in [4.69, 9.17) is 4.52 Å². The van der Waals surface area contributed by atoms with Gasteiger partial charge in [-0.3, -0.25) is 14.8 Å². The number of aromatic nitrogens is 3. The average Bonchev–Trinajstić information content (AvgIpc) is 3.22. The van der Waals surface area contributed by atoms with Gasteiger partial charge in [0.2, 0.25) is 0 Å². The highest BCUT2D eigenvalue weighted by atomic mass is 16.5. The third-order valence-corrected chi connectivity index (χ3v) is 5.23. The number of nitrogens with zero attached hydrogens (tertiary/aromatic N) is 3. The van der Waals surface area contributed by atoms with Crippen molar-refractivity contribution in [3.63, 3.8) is 0 Å². The fourth-order valence-corrected chi connectivity index (χ4v) is 3.63. The molecule has 142 valence electrons. The lowest BCUT2D eigenvalue weighted by atomic mass is 10.0. The summed E-state index contributed by atoms with van der Waals surface area (Å²) < 4.78 is 5.21. The average molecular weight is 369 g/mol. The first kappa shape index (κ1) is 17.7. The van der Waals surface area contributed by atoms with Gasteiger partial charge < -0.3 is 14.9 Å². The Bertz CT molecular complexity index is 944. The first-order chi connectivity index (χ1) is 13.0. The van der Waals surface area contributed by atoms with Crippen LogP contribution in [0.3, 0.4) is 0 Å². The number of piperidine rings is 1. The van der Waals surface area contributed by atoms with Gasteiger partial charge in [0, 0.05) is 30.6 Å². The van der Waals surface area contributed by atoms with Gasteiger partial charge in [-0.15, -0.1) is 0 Å². The minimum atomic E-state index is -0.645. The Morgan fingerprint density at radius 3 is 2.96 bits per heavy atom. The molecular weight excluding hydrogens is 346 g/mol. The lowest BCUT2D eigenvalue weighted by Crippen LogP contribution is -2.53. The van der Waals surface area contributed by atoms with Crippen LogP contribution in [-0.4, -0.2) is 56.5 Å². The van der Waals surface area contributed by atoms with E-state index >= 15 is 0 Å². The van der Waals surface area contributed by atoms with E-state index in [2.05, 4.69) is 25.6 Å². The SMILES string of the molecule is Cc1noc(C)c1CN1CC[C@H](NC(=O)c2n[nH]c3ccccc23)[C@@H](O)C1. The zero-order chi connectivity index (χ0) is 19.0. The third kappa shape index (κ3) is 3.45. The summed E-state index contributed by atoms with van der Waals surface area (Å²) in [6, 6.07) is 7.20. The lowest BCUT2D eigenvalue weighted by molar-refractivity contribution is 0.0347. The summed E-state index contributed by atoms with van der Waals surface area (Å²) in [5.41, 5.74) is 3.11. The van der Waals surface area contributed by atoms with Gasteiger partial charge in [0.05, 0.1) is 23.4 Å². The van der Waals surface area contributed by atoms with Crippen LogP contribution in [0.25, 0.3) is 10.9 Å². The molecule has 0 aliphatic carbocycles. The molecule has 3 N–H and O–H groups in total. The van der Waals surface area contributed by atoms with Crippen LogP contribution in [0.5, 0.6) is 0 Å². The second-order valence-electron chi connectivity index (χ2n) is 7.09. The van der Waals surface area contributed by atoms with Crippen molar-refractivity contribution >= 4 is 16.8 Å². The first-order valence-electron chi connectivity index (χ1n) is 9.09.